The average molecular weight is 491 g/mol. The van der Waals surface area contributed by atoms with Crippen molar-refractivity contribution in [3.63, 3.8) is 0 Å². The van der Waals surface area contributed by atoms with E-state index >= 15 is 0 Å². The maximum atomic E-state index is 13.2. The van der Waals surface area contributed by atoms with Gasteiger partial charge in [-0.25, -0.2) is 8.78 Å². The van der Waals surface area contributed by atoms with Crippen LogP contribution in [0.5, 0.6) is 5.75 Å². The van der Waals surface area contributed by atoms with E-state index in [-0.39, 0.29) is 23.7 Å². The fourth-order valence-corrected chi connectivity index (χ4v) is 2.92. The molecular weight excluding hydrogens is 481 g/mol. The zero-order valence-corrected chi connectivity index (χ0v) is 13.5. The number of nitrogens with two attached hydrogens (primary N) is 1. The summed E-state index contributed by atoms with van der Waals surface area (Å²) in [5.41, 5.74) is 5.56. The molecule has 0 saturated heterocycles. The number of benzene rings is 1. The highest BCUT2D eigenvalue weighted by Crippen LogP contribution is 2.34. The van der Waals surface area contributed by atoms with Crippen LogP contribution in [0.1, 0.15) is 11.6 Å². The first-order valence-corrected chi connectivity index (χ1v) is 6.37. The Labute approximate surface area is 130 Å². The fraction of sp³-hybridized carbons (Fsp3) is 0.333. The third-order valence-corrected chi connectivity index (χ3v) is 3.71. The number of aromatic hydroxyl groups is 1. The summed E-state index contributed by atoms with van der Waals surface area (Å²) in [6.45, 7) is -1.30. The molecular formula is C9H10ClF2I2NO2. The Morgan fingerprint density at radius 3 is 2.06 bits per heavy atom. The predicted molar refractivity (Wildman–Crippen MR) is 79.8 cm³/mol. The molecule has 0 aliphatic rings. The second-order valence-electron chi connectivity index (χ2n) is 3.23. The molecule has 0 aromatic heterocycles. The number of phenolic OH excluding ortho intramolecular Hbond substituents is 1. The number of aliphatic hydroxyl groups excluding tert-OH is 1. The third kappa shape index (κ3) is 4.01. The van der Waals surface area contributed by atoms with Gasteiger partial charge >= 0.3 is 0 Å². The summed E-state index contributed by atoms with van der Waals surface area (Å²) in [5, 5.41) is 18.0. The maximum Gasteiger partial charge on any atom is 0.289 e. The van der Waals surface area contributed by atoms with E-state index in [4.69, 9.17) is 10.8 Å². The van der Waals surface area contributed by atoms with Gasteiger partial charge in [-0.05, 0) is 62.9 Å². The molecule has 1 aromatic carbocycles. The highest BCUT2D eigenvalue weighted by atomic mass is 127. The smallest absolute Gasteiger partial charge is 0.289 e. The molecule has 0 bridgehead atoms. The molecule has 1 rings (SSSR count). The summed E-state index contributed by atoms with van der Waals surface area (Å²) in [6.07, 6.45) is 0. The third-order valence-electron chi connectivity index (χ3n) is 2.06. The van der Waals surface area contributed by atoms with Crippen molar-refractivity contribution < 1.29 is 19.0 Å². The summed E-state index contributed by atoms with van der Waals surface area (Å²) in [7, 11) is 0. The number of aliphatic hydroxyl groups is 1. The molecule has 1 atom stereocenters. The predicted octanol–water partition coefficient (Wildman–Crippen LogP) is 2.65. The molecule has 1 aromatic rings. The summed E-state index contributed by atoms with van der Waals surface area (Å²) in [5.74, 6) is -3.33. The van der Waals surface area contributed by atoms with E-state index in [1.54, 1.807) is 0 Å². The molecule has 8 heteroatoms. The molecule has 0 unspecified atom stereocenters. The highest BCUT2D eigenvalue weighted by molar-refractivity contribution is 14.1. The molecule has 98 valence electrons. The van der Waals surface area contributed by atoms with Crippen molar-refractivity contribution in [1.29, 1.82) is 0 Å². The molecule has 0 radical (unpaired) electrons. The first-order chi connectivity index (χ1) is 7.29. The number of phenols is 1. The van der Waals surface area contributed by atoms with Crippen LogP contribution in [0.3, 0.4) is 0 Å². The van der Waals surface area contributed by atoms with Gasteiger partial charge in [-0.2, -0.15) is 0 Å². The van der Waals surface area contributed by atoms with E-state index < -0.39 is 18.6 Å². The molecule has 0 spiro atoms. The van der Waals surface area contributed by atoms with E-state index in [1.807, 2.05) is 45.2 Å². The molecule has 0 aliphatic heterocycles. The van der Waals surface area contributed by atoms with E-state index in [0.717, 1.165) is 0 Å². The Balaban J connectivity index is 0.00000256. The van der Waals surface area contributed by atoms with Crippen LogP contribution in [0.25, 0.3) is 0 Å². The number of rotatable bonds is 3. The second kappa shape index (κ2) is 6.64. The lowest BCUT2D eigenvalue weighted by molar-refractivity contribution is -0.0712. The van der Waals surface area contributed by atoms with E-state index in [2.05, 4.69) is 0 Å². The van der Waals surface area contributed by atoms with Gasteiger partial charge in [-0.3, -0.25) is 0 Å². The maximum absolute atomic E-state index is 13.2. The molecule has 0 aliphatic carbocycles. The van der Waals surface area contributed by atoms with E-state index in [9.17, 15) is 13.9 Å². The topological polar surface area (TPSA) is 66.5 Å². The van der Waals surface area contributed by atoms with Gasteiger partial charge in [-0.1, -0.05) is 0 Å². The quantitative estimate of drug-likeness (QED) is 0.570. The number of hydrogen-bond donors (Lipinski definition) is 3. The minimum Gasteiger partial charge on any atom is -0.506 e. The van der Waals surface area contributed by atoms with Crippen LogP contribution in [0.4, 0.5) is 8.78 Å². The molecule has 3 nitrogen and oxygen atoms in total. The molecule has 0 amide bonds. The highest BCUT2D eigenvalue weighted by Gasteiger charge is 2.37. The molecule has 0 saturated carbocycles. The minimum atomic E-state index is -3.37. The Bertz CT molecular complexity index is 384. The van der Waals surface area contributed by atoms with Crippen molar-refractivity contribution in [2.24, 2.45) is 5.73 Å². The van der Waals surface area contributed by atoms with Crippen LogP contribution in [0.2, 0.25) is 0 Å². The first kappa shape index (κ1) is 17.6. The van der Waals surface area contributed by atoms with Crippen LogP contribution in [-0.4, -0.2) is 22.7 Å². The number of halogens is 5. The Kier molecular flexibility index (Phi) is 6.85. The molecule has 0 fully saturated rings. The molecule has 17 heavy (non-hydrogen) atoms. The van der Waals surface area contributed by atoms with E-state index in [0.29, 0.717) is 7.14 Å². The van der Waals surface area contributed by atoms with E-state index in [1.165, 1.54) is 12.1 Å². The Hall–Kier alpha value is 0.550. The van der Waals surface area contributed by atoms with Gasteiger partial charge in [0.05, 0.1) is 13.2 Å². The standard InChI is InChI=1S/C9H9F2I2NO2.ClH/c10-9(11,3-15)8(14)4-1-5(12)7(16)6(13)2-4;/h1-2,8,15-16H,3,14H2;1H/t8-;/m1./s1. The zero-order chi connectivity index (χ0) is 12.5. The Morgan fingerprint density at radius 1 is 1.29 bits per heavy atom. The lowest BCUT2D eigenvalue weighted by Crippen LogP contribution is -2.36. The summed E-state index contributed by atoms with van der Waals surface area (Å²) in [4.78, 5) is 0. The largest absolute Gasteiger partial charge is 0.506 e. The summed E-state index contributed by atoms with van der Waals surface area (Å²) >= 11 is 3.66. The van der Waals surface area contributed by atoms with Crippen molar-refractivity contribution in [2.45, 2.75) is 12.0 Å². The normalized spacial score (nSPS) is 13.1. The second-order valence-corrected chi connectivity index (χ2v) is 5.55. The van der Waals surface area contributed by atoms with Crippen molar-refractivity contribution in [1.82, 2.24) is 0 Å². The van der Waals surface area contributed by atoms with Crippen LogP contribution in [0.15, 0.2) is 12.1 Å². The summed E-state index contributed by atoms with van der Waals surface area (Å²) < 4.78 is 27.2. The van der Waals surface area contributed by atoms with Crippen LogP contribution >= 0.6 is 57.6 Å². The van der Waals surface area contributed by atoms with Crippen LogP contribution in [-0.2, 0) is 0 Å². The Morgan fingerprint density at radius 2 is 1.71 bits per heavy atom. The van der Waals surface area contributed by atoms with Crippen molar-refractivity contribution in [3.8, 4) is 5.75 Å². The molecule has 0 heterocycles. The van der Waals surface area contributed by atoms with Gasteiger partial charge < -0.3 is 15.9 Å². The van der Waals surface area contributed by atoms with Gasteiger partial charge in [0, 0.05) is 0 Å². The van der Waals surface area contributed by atoms with Crippen molar-refractivity contribution in [2.75, 3.05) is 6.61 Å². The number of alkyl halides is 2. The van der Waals surface area contributed by atoms with Gasteiger partial charge in [0.15, 0.2) is 0 Å². The van der Waals surface area contributed by atoms with Crippen molar-refractivity contribution in [3.05, 3.63) is 24.8 Å². The van der Waals surface area contributed by atoms with Crippen molar-refractivity contribution >= 4 is 57.6 Å². The zero-order valence-electron chi connectivity index (χ0n) is 8.33. The lowest BCUT2D eigenvalue weighted by Gasteiger charge is -2.22. The van der Waals surface area contributed by atoms with Gasteiger partial charge in [0.2, 0.25) is 0 Å². The molecule has 4 N–H and O–H groups in total. The van der Waals surface area contributed by atoms with Crippen LogP contribution < -0.4 is 5.73 Å². The first-order valence-electron chi connectivity index (χ1n) is 4.21. The fourth-order valence-electron chi connectivity index (χ4n) is 1.11. The van der Waals surface area contributed by atoms with Crippen LogP contribution in [0, 0.1) is 7.14 Å². The summed E-state index contributed by atoms with van der Waals surface area (Å²) in [6, 6.07) is 1.18. The lowest BCUT2D eigenvalue weighted by atomic mass is 10.0. The number of hydrogen-bond acceptors (Lipinski definition) is 3. The van der Waals surface area contributed by atoms with Gasteiger partial charge in [-0.15, -0.1) is 12.4 Å². The van der Waals surface area contributed by atoms with Gasteiger partial charge in [0.1, 0.15) is 12.4 Å². The SMILES string of the molecule is Cl.N[C@H](c1cc(I)c(O)c(I)c1)C(F)(F)CO. The monoisotopic (exact) mass is 491 g/mol. The van der Waals surface area contributed by atoms with Gasteiger partial charge in [0.25, 0.3) is 5.92 Å². The minimum absolute atomic E-state index is 0. The average Bonchev–Trinajstić information content (AvgIpc) is 2.24.